The van der Waals surface area contributed by atoms with Crippen LogP contribution in [0, 0.1) is 32.6 Å². The van der Waals surface area contributed by atoms with Crippen molar-refractivity contribution in [2.45, 2.75) is 121 Å². The smallest absolute Gasteiger partial charge is 0.358 e. The topological polar surface area (TPSA) is 20.2 Å². The van der Waals surface area contributed by atoms with Gasteiger partial charge in [-0.15, -0.1) is 0 Å². The number of hydrogen-bond donors (Lipinski definition) is 1. The fourth-order valence-corrected chi connectivity index (χ4v) is 15.0. The first kappa shape index (κ1) is 32.7. The van der Waals surface area contributed by atoms with Gasteiger partial charge in [0.2, 0.25) is 0 Å². The molecule has 4 atom stereocenters. The first-order valence-corrected chi connectivity index (χ1v) is 16.8. The van der Waals surface area contributed by atoms with Crippen molar-refractivity contribution in [3.8, 4) is 0 Å². The third-order valence-electron chi connectivity index (χ3n) is 8.98. The Hall–Kier alpha value is 0.663. The summed E-state index contributed by atoms with van der Waals surface area (Å²) in [5, 5.41) is 3.13. The minimum absolute atomic E-state index is 0. The van der Waals surface area contributed by atoms with Gasteiger partial charge in [-0.25, -0.2) is 4.89 Å². The van der Waals surface area contributed by atoms with Crippen LogP contribution >= 0.6 is 16.1 Å². The SMILES string of the molecule is CC(C)[C@@H]1CC[C@@H](C)C[C@H]1[PH+](O)c1ccccc1[PH+](C1CCCCC1)C1CCCCC1.[CH3-].[CH3-].[Rh+2]. The van der Waals surface area contributed by atoms with Crippen LogP contribution in [0.15, 0.2) is 24.3 Å². The van der Waals surface area contributed by atoms with E-state index in [2.05, 4.69) is 45.0 Å². The molecule has 3 aliphatic rings. The summed E-state index contributed by atoms with van der Waals surface area (Å²) in [5.74, 6) is 2.18. The molecular formula is C30H54OP2Rh+2. The number of hydrogen-bond acceptors (Lipinski definition) is 1. The maximum absolute atomic E-state index is 12.0. The van der Waals surface area contributed by atoms with E-state index in [1.165, 1.54) is 88.8 Å². The minimum atomic E-state index is -1.52. The van der Waals surface area contributed by atoms with Gasteiger partial charge in [-0.3, -0.25) is 0 Å². The molecule has 0 bridgehead atoms. The Kier molecular flexibility index (Phi) is 15.2. The Labute approximate surface area is 228 Å². The third kappa shape index (κ3) is 7.83. The van der Waals surface area contributed by atoms with Gasteiger partial charge >= 0.3 is 19.5 Å². The molecule has 3 fully saturated rings. The van der Waals surface area contributed by atoms with Gasteiger partial charge < -0.3 is 14.9 Å². The summed E-state index contributed by atoms with van der Waals surface area (Å²) >= 11 is 0. The molecular weight excluding hydrogens is 541 g/mol. The predicted molar refractivity (Wildman–Crippen MR) is 156 cm³/mol. The van der Waals surface area contributed by atoms with Crippen LogP contribution in [-0.2, 0) is 19.5 Å². The summed E-state index contributed by atoms with van der Waals surface area (Å²) in [5.41, 5.74) is 2.43. The van der Waals surface area contributed by atoms with Crippen LogP contribution in [0.2, 0.25) is 0 Å². The van der Waals surface area contributed by atoms with E-state index in [-0.39, 0.29) is 34.3 Å². The fourth-order valence-electron chi connectivity index (χ4n) is 7.27. The summed E-state index contributed by atoms with van der Waals surface area (Å²) in [6, 6.07) is 9.40. The molecule has 1 N–H and O–H groups in total. The molecule has 3 saturated carbocycles. The third-order valence-corrected chi connectivity index (χ3v) is 15.6. The maximum atomic E-state index is 12.0. The molecule has 0 aliphatic heterocycles. The molecule has 34 heavy (non-hydrogen) atoms. The first-order valence-electron chi connectivity index (χ1n) is 13.6. The molecule has 1 aromatic carbocycles. The Morgan fingerprint density at radius 1 is 0.765 bits per heavy atom. The van der Waals surface area contributed by atoms with Gasteiger partial charge in [0.25, 0.3) is 0 Å². The molecule has 0 aromatic heterocycles. The van der Waals surface area contributed by atoms with Crippen molar-refractivity contribution in [3.05, 3.63) is 39.1 Å². The van der Waals surface area contributed by atoms with E-state index in [9.17, 15) is 4.89 Å². The van der Waals surface area contributed by atoms with Crippen molar-refractivity contribution in [2.24, 2.45) is 17.8 Å². The van der Waals surface area contributed by atoms with E-state index in [0.717, 1.165) is 17.2 Å². The molecule has 0 saturated heterocycles. The van der Waals surface area contributed by atoms with E-state index in [1.54, 1.807) is 5.30 Å². The zero-order chi connectivity index (χ0) is 21.8. The molecule has 4 rings (SSSR count). The van der Waals surface area contributed by atoms with Gasteiger partial charge in [0.1, 0.15) is 11.0 Å². The Bertz CT molecular complexity index is 666. The summed E-state index contributed by atoms with van der Waals surface area (Å²) in [7, 11) is -2.14. The first-order chi connectivity index (χ1) is 15.1. The monoisotopic (exact) mass is 595 g/mol. The van der Waals surface area contributed by atoms with Crippen LogP contribution in [0.1, 0.15) is 104 Å². The molecule has 1 nitrogen and oxygen atoms in total. The molecule has 0 amide bonds. The summed E-state index contributed by atoms with van der Waals surface area (Å²) in [4.78, 5) is 12.0. The molecule has 3 aliphatic carbocycles. The number of benzene rings is 1. The summed E-state index contributed by atoms with van der Waals surface area (Å²) < 4.78 is 0. The average Bonchev–Trinajstić information content (AvgIpc) is 2.80. The average molecular weight is 596 g/mol. The molecule has 0 spiro atoms. The standard InChI is InChI=1S/C28H46OP2.2CH3.Rh/c1-21(2)25-19-18-22(3)20-28(25)31(29)27-17-11-10-16-26(27)30(23-12-6-4-7-13-23)24-14-8-5-9-15-24;;;/h10-11,16-17,21-25,28-29H,4-9,12-15,18-20H2,1-3H3;2*1H3;/q;2*-1;+2/p+2/t22-,25+,28-,31?;;;/m1.../s1. The Balaban J connectivity index is 0.00000193. The van der Waals surface area contributed by atoms with Gasteiger partial charge in [-0.1, -0.05) is 52.2 Å². The van der Waals surface area contributed by atoms with Gasteiger partial charge in [-0.2, -0.15) is 0 Å². The Morgan fingerprint density at radius 3 is 1.76 bits per heavy atom. The zero-order valence-corrected chi connectivity index (χ0v) is 26.4. The zero-order valence-electron chi connectivity index (χ0n) is 22.7. The maximum Gasteiger partial charge on any atom is 2.00 e. The van der Waals surface area contributed by atoms with E-state index in [4.69, 9.17) is 0 Å². The van der Waals surface area contributed by atoms with Crippen LogP contribution in [0.25, 0.3) is 0 Å². The molecule has 1 radical (unpaired) electrons. The quantitative estimate of drug-likeness (QED) is 0.199. The van der Waals surface area contributed by atoms with Crippen molar-refractivity contribution >= 4 is 26.7 Å². The van der Waals surface area contributed by atoms with E-state index in [0.29, 0.717) is 17.5 Å². The van der Waals surface area contributed by atoms with Gasteiger partial charge in [0.15, 0.2) is 13.5 Å². The van der Waals surface area contributed by atoms with Crippen LogP contribution in [0.3, 0.4) is 0 Å². The second kappa shape index (κ2) is 15.8. The van der Waals surface area contributed by atoms with Crippen LogP contribution in [0.4, 0.5) is 0 Å². The molecule has 1 unspecified atom stereocenters. The Morgan fingerprint density at radius 2 is 1.26 bits per heavy atom. The molecule has 197 valence electrons. The van der Waals surface area contributed by atoms with Crippen LogP contribution in [-0.4, -0.2) is 21.9 Å². The van der Waals surface area contributed by atoms with Gasteiger partial charge in [0, 0.05) is 13.8 Å². The van der Waals surface area contributed by atoms with E-state index in [1.807, 2.05) is 0 Å². The normalized spacial score (nSPS) is 27.4. The number of rotatable bonds is 6. The largest absolute Gasteiger partial charge is 2.00 e. The van der Waals surface area contributed by atoms with Crippen molar-refractivity contribution in [1.29, 1.82) is 0 Å². The van der Waals surface area contributed by atoms with E-state index < -0.39 is 16.1 Å². The van der Waals surface area contributed by atoms with Gasteiger partial charge in [-0.05, 0) is 88.2 Å². The molecule has 1 aromatic rings. The van der Waals surface area contributed by atoms with Crippen molar-refractivity contribution in [2.75, 3.05) is 0 Å². The second-order valence-electron chi connectivity index (χ2n) is 11.5. The molecule has 0 heterocycles. The fraction of sp³-hybridized carbons (Fsp3) is 0.733. The van der Waals surface area contributed by atoms with Crippen LogP contribution < -0.4 is 10.6 Å². The predicted octanol–water partition coefficient (Wildman–Crippen LogP) is 8.30. The van der Waals surface area contributed by atoms with Crippen molar-refractivity contribution < 1.29 is 24.4 Å². The van der Waals surface area contributed by atoms with E-state index >= 15 is 0 Å². The second-order valence-corrected chi connectivity index (χ2v) is 16.6. The summed E-state index contributed by atoms with van der Waals surface area (Å²) in [6.07, 6.45) is 18.4. The van der Waals surface area contributed by atoms with Gasteiger partial charge in [0.05, 0.1) is 11.3 Å². The minimum Gasteiger partial charge on any atom is -0.358 e. The molecule has 4 heteroatoms. The van der Waals surface area contributed by atoms with Crippen molar-refractivity contribution in [1.82, 2.24) is 0 Å². The van der Waals surface area contributed by atoms with Crippen molar-refractivity contribution in [3.63, 3.8) is 0 Å². The van der Waals surface area contributed by atoms with Crippen LogP contribution in [0.5, 0.6) is 0 Å². The summed E-state index contributed by atoms with van der Waals surface area (Å²) in [6.45, 7) is 7.21.